The molecule has 0 bridgehead atoms. The van der Waals surface area contributed by atoms with E-state index in [-0.39, 0.29) is 0 Å². The highest BCUT2D eigenvalue weighted by molar-refractivity contribution is 5.10. The van der Waals surface area contributed by atoms with Crippen molar-refractivity contribution in [2.45, 2.75) is 58.6 Å². The van der Waals surface area contributed by atoms with Crippen molar-refractivity contribution in [1.29, 1.82) is 0 Å². The van der Waals surface area contributed by atoms with Crippen LogP contribution in [0.25, 0.3) is 0 Å². The fraction of sp³-hybridized carbons (Fsp3) is 0.750. The van der Waals surface area contributed by atoms with Crippen molar-refractivity contribution < 1.29 is 5.11 Å². The summed E-state index contributed by atoms with van der Waals surface area (Å²) in [7, 11) is 0. The van der Waals surface area contributed by atoms with Crippen LogP contribution in [-0.4, -0.2) is 20.5 Å². The summed E-state index contributed by atoms with van der Waals surface area (Å²) in [5.74, 6) is 0.598. The Balaban J connectivity index is 2.71. The lowest BCUT2D eigenvalue weighted by atomic mass is 9.97. The molecule has 0 unspecified atom stereocenters. The summed E-state index contributed by atoms with van der Waals surface area (Å²) in [5, 5.41) is 13.9. The maximum absolute atomic E-state index is 9.67. The van der Waals surface area contributed by atoms with Crippen LogP contribution in [0.15, 0.2) is 12.4 Å². The van der Waals surface area contributed by atoms with Gasteiger partial charge in [0.05, 0.1) is 18.3 Å². The molecule has 0 saturated carbocycles. The lowest BCUT2D eigenvalue weighted by Gasteiger charge is -2.16. The molecule has 1 aromatic rings. The molecule has 1 rings (SSSR count). The van der Waals surface area contributed by atoms with Crippen LogP contribution in [0.4, 0.5) is 0 Å². The van der Waals surface area contributed by atoms with Crippen molar-refractivity contribution >= 4 is 0 Å². The van der Waals surface area contributed by atoms with Gasteiger partial charge < -0.3 is 5.11 Å². The maximum Gasteiger partial charge on any atom is 0.0786 e. The van der Waals surface area contributed by atoms with Gasteiger partial charge in [-0.3, -0.25) is 4.68 Å². The highest BCUT2D eigenvalue weighted by atomic mass is 16.3. The average molecular weight is 210 g/mol. The molecule has 3 heteroatoms. The Hall–Kier alpha value is -0.830. The Labute approximate surface area is 92.1 Å². The van der Waals surface area contributed by atoms with Gasteiger partial charge in [-0.05, 0) is 38.2 Å². The molecule has 86 valence electrons. The molecule has 3 nitrogen and oxygen atoms in total. The first-order valence-electron chi connectivity index (χ1n) is 5.71. The first-order chi connectivity index (χ1) is 6.96. The summed E-state index contributed by atoms with van der Waals surface area (Å²) in [4.78, 5) is 0. The van der Waals surface area contributed by atoms with Gasteiger partial charge in [0, 0.05) is 6.20 Å². The van der Waals surface area contributed by atoms with Gasteiger partial charge in [0.1, 0.15) is 0 Å². The standard InChI is InChI=1S/C12H22N2O/c1-5-10(6-2)11-7-13-14(8-11)9-12(3,4)15/h7-8,10,15H,5-6,9H2,1-4H3. The smallest absolute Gasteiger partial charge is 0.0786 e. The van der Waals surface area contributed by atoms with E-state index in [0.29, 0.717) is 12.5 Å². The molecule has 0 aliphatic carbocycles. The molecule has 0 aliphatic heterocycles. The van der Waals surface area contributed by atoms with Crippen LogP contribution in [0.5, 0.6) is 0 Å². The third-order valence-corrected chi connectivity index (χ3v) is 2.66. The summed E-state index contributed by atoms with van der Waals surface area (Å²) in [6.07, 6.45) is 6.26. The molecule has 1 aromatic heterocycles. The molecule has 0 atom stereocenters. The first-order valence-corrected chi connectivity index (χ1v) is 5.71. The Bertz CT molecular complexity index is 295. The molecular formula is C12H22N2O. The molecule has 0 saturated heterocycles. The molecule has 0 fully saturated rings. The molecule has 0 amide bonds. The second kappa shape index (κ2) is 4.79. The minimum absolute atomic E-state index is 0.549. The highest BCUT2D eigenvalue weighted by Crippen LogP contribution is 2.22. The van der Waals surface area contributed by atoms with Crippen LogP contribution in [0.3, 0.4) is 0 Å². The van der Waals surface area contributed by atoms with Crippen molar-refractivity contribution in [3.05, 3.63) is 18.0 Å². The number of nitrogens with zero attached hydrogens (tertiary/aromatic N) is 2. The number of hydrogen-bond donors (Lipinski definition) is 1. The van der Waals surface area contributed by atoms with E-state index in [1.807, 2.05) is 10.9 Å². The van der Waals surface area contributed by atoms with E-state index in [9.17, 15) is 5.11 Å². The minimum atomic E-state index is -0.697. The van der Waals surface area contributed by atoms with Gasteiger partial charge in [-0.1, -0.05) is 13.8 Å². The van der Waals surface area contributed by atoms with Gasteiger partial charge in [0.25, 0.3) is 0 Å². The van der Waals surface area contributed by atoms with Gasteiger partial charge in [0.15, 0.2) is 0 Å². The average Bonchev–Trinajstić information content (AvgIpc) is 2.52. The van der Waals surface area contributed by atoms with Crippen molar-refractivity contribution in [1.82, 2.24) is 9.78 Å². The van der Waals surface area contributed by atoms with Crippen molar-refractivity contribution in [3.63, 3.8) is 0 Å². The number of aromatic nitrogens is 2. The molecule has 0 radical (unpaired) electrons. The Morgan fingerprint density at radius 3 is 2.47 bits per heavy atom. The van der Waals surface area contributed by atoms with E-state index in [1.54, 1.807) is 13.8 Å². The summed E-state index contributed by atoms with van der Waals surface area (Å²) in [6.45, 7) is 8.53. The summed E-state index contributed by atoms with van der Waals surface area (Å²) >= 11 is 0. The highest BCUT2D eigenvalue weighted by Gasteiger charge is 2.15. The van der Waals surface area contributed by atoms with E-state index in [4.69, 9.17) is 0 Å². The Kier molecular flexibility index (Phi) is 3.91. The van der Waals surface area contributed by atoms with Crippen molar-refractivity contribution in [2.75, 3.05) is 0 Å². The zero-order valence-electron chi connectivity index (χ0n) is 10.2. The molecule has 0 aromatic carbocycles. The predicted octanol–water partition coefficient (Wildman–Crippen LogP) is 2.56. The molecule has 15 heavy (non-hydrogen) atoms. The normalized spacial score (nSPS) is 12.4. The minimum Gasteiger partial charge on any atom is -0.389 e. The fourth-order valence-electron chi connectivity index (χ4n) is 1.83. The van der Waals surface area contributed by atoms with Crippen LogP contribution in [-0.2, 0) is 6.54 Å². The summed E-state index contributed by atoms with van der Waals surface area (Å²) in [5.41, 5.74) is 0.585. The van der Waals surface area contributed by atoms with E-state index in [1.165, 1.54) is 5.56 Å². The van der Waals surface area contributed by atoms with E-state index in [2.05, 4.69) is 25.1 Å². The predicted molar refractivity (Wildman–Crippen MR) is 61.8 cm³/mol. The largest absolute Gasteiger partial charge is 0.389 e. The van der Waals surface area contributed by atoms with E-state index >= 15 is 0 Å². The fourth-order valence-corrected chi connectivity index (χ4v) is 1.83. The maximum atomic E-state index is 9.67. The van der Waals surface area contributed by atoms with Crippen molar-refractivity contribution in [3.8, 4) is 0 Å². The summed E-state index contributed by atoms with van der Waals surface area (Å²) < 4.78 is 1.83. The van der Waals surface area contributed by atoms with E-state index in [0.717, 1.165) is 12.8 Å². The zero-order chi connectivity index (χ0) is 11.5. The summed E-state index contributed by atoms with van der Waals surface area (Å²) in [6, 6.07) is 0. The van der Waals surface area contributed by atoms with Crippen LogP contribution in [0.1, 0.15) is 52.0 Å². The van der Waals surface area contributed by atoms with Crippen LogP contribution in [0, 0.1) is 0 Å². The van der Waals surface area contributed by atoms with Crippen LogP contribution >= 0.6 is 0 Å². The van der Waals surface area contributed by atoms with Gasteiger partial charge >= 0.3 is 0 Å². The third kappa shape index (κ3) is 3.67. The quantitative estimate of drug-likeness (QED) is 0.811. The molecule has 0 aliphatic rings. The third-order valence-electron chi connectivity index (χ3n) is 2.66. The first kappa shape index (κ1) is 12.2. The molecular weight excluding hydrogens is 188 g/mol. The van der Waals surface area contributed by atoms with Gasteiger partial charge in [-0.2, -0.15) is 5.10 Å². The zero-order valence-corrected chi connectivity index (χ0v) is 10.2. The number of hydrogen-bond acceptors (Lipinski definition) is 2. The molecule has 1 heterocycles. The lowest BCUT2D eigenvalue weighted by molar-refractivity contribution is 0.0577. The van der Waals surface area contributed by atoms with Crippen LogP contribution in [0.2, 0.25) is 0 Å². The lowest BCUT2D eigenvalue weighted by Crippen LogP contribution is -2.26. The van der Waals surface area contributed by atoms with Crippen LogP contribution < -0.4 is 0 Å². The second-order valence-corrected chi connectivity index (χ2v) is 4.80. The van der Waals surface area contributed by atoms with E-state index < -0.39 is 5.60 Å². The van der Waals surface area contributed by atoms with Gasteiger partial charge in [-0.15, -0.1) is 0 Å². The number of aliphatic hydroxyl groups is 1. The monoisotopic (exact) mass is 210 g/mol. The molecule has 1 N–H and O–H groups in total. The Morgan fingerprint density at radius 1 is 1.40 bits per heavy atom. The molecule has 0 spiro atoms. The van der Waals surface area contributed by atoms with Gasteiger partial charge in [-0.25, -0.2) is 0 Å². The number of rotatable bonds is 5. The Morgan fingerprint density at radius 2 is 2.00 bits per heavy atom. The topological polar surface area (TPSA) is 38.0 Å². The van der Waals surface area contributed by atoms with Crippen molar-refractivity contribution in [2.24, 2.45) is 0 Å². The second-order valence-electron chi connectivity index (χ2n) is 4.80. The van der Waals surface area contributed by atoms with Gasteiger partial charge in [0.2, 0.25) is 0 Å². The SMILES string of the molecule is CCC(CC)c1cnn(CC(C)(C)O)c1.